The van der Waals surface area contributed by atoms with Crippen LogP contribution in [0, 0.1) is 6.92 Å². The van der Waals surface area contributed by atoms with E-state index in [4.69, 9.17) is 5.73 Å². The predicted molar refractivity (Wildman–Crippen MR) is 74.7 cm³/mol. The Labute approximate surface area is 124 Å². The van der Waals surface area contributed by atoms with Crippen molar-refractivity contribution in [2.24, 2.45) is 0 Å². The third-order valence-electron chi connectivity index (χ3n) is 3.48. The molecule has 2 N–H and O–H groups in total. The van der Waals surface area contributed by atoms with Crippen LogP contribution < -0.4 is 5.73 Å². The quantitative estimate of drug-likeness (QED) is 0.836. The number of rotatable bonds is 2. The molecule has 2 aromatic rings. The Morgan fingerprint density at radius 2 is 2.00 bits per heavy atom. The van der Waals surface area contributed by atoms with Crippen molar-refractivity contribution in [3.8, 4) is 5.69 Å². The van der Waals surface area contributed by atoms with E-state index in [-0.39, 0.29) is 5.95 Å². The van der Waals surface area contributed by atoms with Crippen LogP contribution in [0.25, 0.3) is 5.69 Å². The largest absolute Gasteiger partial charge is 0.453 e. The van der Waals surface area contributed by atoms with Crippen molar-refractivity contribution in [3.63, 3.8) is 0 Å². The standard InChI is InChI=1S/C13H13F3N4S/c1-6-4-8(7-2-3-7)9(5-10(6)21)20-12(17)18-11(19-20)13(14,15)16/h4-5,7,21H,2-3H2,1H3,(H2,17,18,19). The highest BCUT2D eigenvalue weighted by Gasteiger charge is 2.37. The summed E-state index contributed by atoms with van der Waals surface area (Å²) >= 11 is 4.33. The van der Waals surface area contributed by atoms with Crippen LogP contribution in [0.1, 0.15) is 35.7 Å². The molecule has 0 saturated heterocycles. The second-order valence-corrected chi connectivity index (χ2v) is 5.66. The minimum absolute atomic E-state index is 0.277. The molecule has 0 aliphatic heterocycles. The number of alkyl halides is 3. The van der Waals surface area contributed by atoms with Crippen LogP contribution in [-0.4, -0.2) is 14.8 Å². The maximum Gasteiger partial charge on any atom is 0.453 e. The molecule has 1 aliphatic carbocycles. The van der Waals surface area contributed by atoms with E-state index in [0.717, 1.165) is 28.7 Å². The molecule has 0 amide bonds. The maximum absolute atomic E-state index is 12.7. The van der Waals surface area contributed by atoms with Gasteiger partial charge in [-0.1, -0.05) is 6.07 Å². The summed E-state index contributed by atoms with van der Waals surface area (Å²) < 4.78 is 39.2. The van der Waals surface area contributed by atoms with Gasteiger partial charge in [-0.2, -0.15) is 22.8 Å². The van der Waals surface area contributed by atoms with Gasteiger partial charge in [0.15, 0.2) is 0 Å². The second kappa shape index (κ2) is 4.66. The molecule has 21 heavy (non-hydrogen) atoms. The van der Waals surface area contributed by atoms with Crippen molar-refractivity contribution in [2.75, 3.05) is 5.73 Å². The maximum atomic E-state index is 12.7. The molecule has 1 aromatic heterocycles. The minimum atomic E-state index is -4.62. The van der Waals surface area contributed by atoms with E-state index in [0.29, 0.717) is 16.5 Å². The number of hydrogen-bond donors (Lipinski definition) is 2. The molecule has 0 bridgehead atoms. The van der Waals surface area contributed by atoms with Gasteiger partial charge in [-0.3, -0.25) is 0 Å². The van der Waals surface area contributed by atoms with Crippen molar-refractivity contribution in [1.29, 1.82) is 0 Å². The van der Waals surface area contributed by atoms with Crippen LogP contribution in [0.5, 0.6) is 0 Å². The fraction of sp³-hybridized carbons (Fsp3) is 0.385. The number of anilines is 1. The van der Waals surface area contributed by atoms with E-state index >= 15 is 0 Å². The molecule has 1 saturated carbocycles. The Hall–Kier alpha value is -1.70. The fourth-order valence-corrected chi connectivity index (χ4v) is 2.42. The SMILES string of the molecule is Cc1cc(C2CC2)c(-n2nc(C(F)(F)F)nc2N)cc1S. The van der Waals surface area contributed by atoms with Crippen LogP contribution in [0.4, 0.5) is 19.1 Å². The smallest absolute Gasteiger partial charge is 0.368 e. The molecular weight excluding hydrogens is 301 g/mol. The molecule has 0 spiro atoms. The molecule has 8 heteroatoms. The molecule has 0 atom stereocenters. The van der Waals surface area contributed by atoms with E-state index in [1.54, 1.807) is 6.07 Å². The van der Waals surface area contributed by atoms with Gasteiger partial charge in [-0.15, -0.1) is 17.7 Å². The summed E-state index contributed by atoms with van der Waals surface area (Å²) in [6, 6.07) is 3.63. The third kappa shape index (κ3) is 2.59. The zero-order valence-electron chi connectivity index (χ0n) is 11.1. The highest BCUT2D eigenvalue weighted by molar-refractivity contribution is 7.80. The number of halogens is 3. The topological polar surface area (TPSA) is 56.7 Å². The van der Waals surface area contributed by atoms with Gasteiger partial charge in [0.25, 0.3) is 5.82 Å². The monoisotopic (exact) mass is 314 g/mol. The second-order valence-electron chi connectivity index (χ2n) is 5.17. The molecule has 1 heterocycles. The number of aromatic nitrogens is 3. The Kier molecular flexibility index (Phi) is 3.16. The van der Waals surface area contributed by atoms with Crippen LogP contribution in [0.2, 0.25) is 0 Å². The van der Waals surface area contributed by atoms with Crippen LogP contribution in [0.3, 0.4) is 0 Å². The summed E-state index contributed by atoms with van der Waals surface area (Å²) in [5.41, 5.74) is 8.05. The highest BCUT2D eigenvalue weighted by Crippen LogP contribution is 2.44. The third-order valence-corrected chi connectivity index (χ3v) is 3.96. The van der Waals surface area contributed by atoms with Crippen molar-refractivity contribution >= 4 is 18.6 Å². The molecule has 0 radical (unpaired) electrons. The first-order valence-corrected chi connectivity index (χ1v) is 6.85. The van der Waals surface area contributed by atoms with Crippen molar-refractivity contribution in [2.45, 2.75) is 36.8 Å². The molecule has 3 rings (SSSR count). The fourth-order valence-electron chi connectivity index (χ4n) is 2.23. The molecule has 0 unspecified atom stereocenters. The van der Waals surface area contributed by atoms with Gasteiger partial charge >= 0.3 is 6.18 Å². The average Bonchev–Trinajstić information content (AvgIpc) is 3.14. The minimum Gasteiger partial charge on any atom is -0.368 e. The lowest BCUT2D eigenvalue weighted by molar-refractivity contribution is -0.144. The first kappa shape index (κ1) is 14.2. The van der Waals surface area contributed by atoms with Crippen molar-refractivity contribution in [3.05, 3.63) is 29.1 Å². The van der Waals surface area contributed by atoms with Crippen molar-refractivity contribution < 1.29 is 13.2 Å². The molecule has 1 aliphatic rings. The van der Waals surface area contributed by atoms with Gasteiger partial charge in [0.05, 0.1) is 5.69 Å². The van der Waals surface area contributed by atoms with Crippen molar-refractivity contribution in [1.82, 2.24) is 14.8 Å². The van der Waals surface area contributed by atoms with Crippen LogP contribution in [0.15, 0.2) is 17.0 Å². The highest BCUT2D eigenvalue weighted by atomic mass is 32.1. The van der Waals surface area contributed by atoms with E-state index < -0.39 is 12.0 Å². The molecule has 4 nitrogen and oxygen atoms in total. The number of benzene rings is 1. The normalized spacial score (nSPS) is 15.5. The van der Waals surface area contributed by atoms with Crippen LogP contribution in [-0.2, 0) is 6.18 Å². The Morgan fingerprint density at radius 1 is 1.33 bits per heavy atom. The number of nitrogens with zero attached hydrogens (tertiary/aromatic N) is 3. The van der Waals surface area contributed by atoms with E-state index in [2.05, 4.69) is 22.7 Å². The summed E-state index contributed by atoms with van der Waals surface area (Å²) in [5, 5.41) is 3.51. The lowest BCUT2D eigenvalue weighted by atomic mass is 10.1. The van der Waals surface area contributed by atoms with Gasteiger partial charge in [0.1, 0.15) is 0 Å². The number of aryl methyl sites for hydroxylation is 1. The molecule has 1 aromatic carbocycles. The first-order valence-electron chi connectivity index (χ1n) is 6.41. The lowest BCUT2D eigenvalue weighted by Crippen LogP contribution is -2.09. The van der Waals surface area contributed by atoms with Crippen LogP contribution >= 0.6 is 12.6 Å². The number of thiol groups is 1. The Morgan fingerprint density at radius 3 is 2.52 bits per heavy atom. The van der Waals surface area contributed by atoms with E-state index in [1.807, 2.05) is 13.0 Å². The van der Waals surface area contributed by atoms with Gasteiger partial charge in [0, 0.05) is 4.90 Å². The summed E-state index contributed by atoms with van der Waals surface area (Å²) in [7, 11) is 0. The number of hydrogen-bond acceptors (Lipinski definition) is 4. The summed E-state index contributed by atoms with van der Waals surface area (Å²) in [6.45, 7) is 1.91. The number of nitrogens with two attached hydrogens (primary N) is 1. The van der Waals surface area contributed by atoms with Gasteiger partial charge < -0.3 is 5.73 Å². The summed E-state index contributed by atoms with van der Waals surface area (Å²) in [4.78, 5) is 3.99. The molecule has 112 valence electrons. The van der Waals surface area contributed by atoms with Gasteiger partial charge in [-0.05, 0) is 42.9 Å². The lowest BCUT2D eigenvalue weighted by Gasteiger charge is -2.12. The van der Waals surface area contributed by atoms with Gasteiger partial charge in [-0.25, -0.2) is 0 Å². The van der Waals surface area contributed by atoms with E-state index in [1.165, 1.54) is 0 Å². The zero-order valence-corrected chi connectivity index (χ0v) is 12.0. The summed E-state index contributed by atoms with van der Waals surface area (Å²) in [5.74, 6) is -1.17. The first-order chi connectivity index (χ1) is 9.77. The Balaban J connectivity index is 2.16. The molecular formula is C13H13F3N4S. The Bertz CT molecular complexity index is 704. The number of nitrogen functional groups attached to an aromatic ring is 1. The predicted octanol–water partition coefficient (Wildman–Crippen LogP) is 3.34. The summed E-state index contributed by atoms with van der Waals surface area (Å²) in [6.07, 6.45) is -2.59. The van der Waals surface area contributed by atoms with E-state index in [9.17, 15) is 13.2 Å². The average molecular weight is 314 g/mol. The molecule has 1 fully saturated rings. The van der Waals surface area contributed by atoms with Gasteiger partial charge in [0.2, 0.25) is 5.95 Å². The zero-order chi connectivity index (χ0) is 15.4.